The number of rotatable bonds is 9. The highest BCUT2D eigenvalue weighted by Crippen LogP contribution is 2.26. The lowest BCUT2D eigenvalue weighted by molar-refractivity contribution is -0.116. The van der Waals surface area contributed by atoms with Crippen LogP contribution in [-0.4, -0.2) is 82.4 Å². The van der Waals surface area contributed by atoms with Gasteiger partial charge in [-0.15, -0.1) is 0 Å². The first-order valence-electron chi connectivity index (χ1n) is 11.8. The van der Waals surface area contributed by atoms with E-state index in [1.165, 1.54) is 26.4 Å². The Hall–Kier alpha value is -3.20. The monoisotopic (exact) mass is 514 g/mol. The highest BCUT2D eigenvalue weighted by atomic mass is 32.2. The first-order chi connectivity index (χ1) is 17.1. The van der Waals surface area contributed by atoms with Crippen molar-refractivity contribution in [1.82, 2.24) is 14.2 Å². The maximum atomic E-state index is 13.0. The summed E-state index contributed by atoms with van der Waals surface area (Å²) in [6.07, 6.45) is 3.47. The average molecular weight is 515 g/mol. The summed E-state index contributed by atoms with van der Waals surface area (Å²) >= 11 is 0. The fourth-order valence-electron chi connectivity index (χ4n) is 4.26. The fourth-order valence-corrected chi connectivity index (χ4v) is 5.64. The van der Waals surface area contributed by atoms with Gasteiger partial charge in [0.1, 0.15) is 17.6 Å². The molecule has 3 rings (SSSR count). The summed E-state index contributed by atoms with van der Waals surface area (Å²) in [5.74, 6) is 0.824. The second kappa shape index (κ2) is 11.7. The number of carbonyl (C=O) groups is 1. The molecule has 1 aliphatic rings. The molecule has 0 aliphatic carbocycles. The van der Waals surface area contributed by atoms with Gasteiger partial charge >= 0.3 is 0 Å². The number of nitriles is 1. The molecule has 2 heterocycles. The van der Waals surface area contributed by atoms with Gasteiger partial charge in [-0.1, -0.05) is 0 Å². The zero-order chi connectivity index (χ0) is 26.5. The van der Waals surface area contributed by atoms with E-state index in [9.17, 15) is 18.5 Å². The van der Waals surface area contributed by atoms with Crippen molar-refractivity contribution in [3.8, 4) is 11.8 Å². The van der Waals surface area contributed by atoms with Crippen LogP contribution in [0.3, 0.4) is 0 Å². The zero-order valence-electron chi connectivity index (χ0n) is 21.5. The van der Waals surface area contributed by atoms with E-state index in [4.69, 9.17) is 4.74 Å². The van der Waals surface area contributed by atoms with Crippen LogP contribution in [0.15, 0.2) is 35.4 Å². The number of piperidine rings is 1. The molecule has 1 saturated heterocycles. The van der Waals surface area contributed by atoms with E-state index in [2.05, 4.69) is 40.3 Å². The molecule has 1 aromatic carbocycles. The molecule has 0 radical (unpaired) electrons. The molecule has 1 aliphatic heterocycles. The SMILES string of the molecule is COc1ccc(S(=O)(=O)N(C)CCC(=O)Nc2cnc(N3CCC(N(C)C)CC3)c(C#N)c2)c(C)c1. The number of aromatic nitrogens is 1. The topological polar surface area (TPSA) is 119 Å². The molecular formula is C25H34N6O4S. The minimum absolute atomic E-state index is 0.00290. The lowest BCUT2D eigenvalue weighted by Gasteiger charge is -2.36. The Morgan fingerprint density at radius 3 is 2.53 bits per heavy atom. The molecule has 1 N–H and O–H groups in total. The number of pyridine rings is 1. The van der Waals surface area contributed by atoms with Crippen molar-refractivity contribution in [2.45, 2.75) is 37.1 Å². The van der Waals surface area contributed by atoms with Crippen molar-refractivity contribution < 1.29 is 17.9 Å². The minimum Gasteiger partial charge on any atom is -0.497 e. The van der Waals surface area contributed by atoms with Gasteiger partial charge in [-0.2, -0.15) is 5.26 Å². The minimum atomic E-state index is -3.77. The molecule has 36 heavy (non-hydrogen) atoms. The molecule has 1 fully saturated rings. The number of nitrogens with zero attached hydrogens (tertiary/aromatic N) is 5. The van der Waals surface area contributed by atoms with E-state index in [0.29, 0.717) is 34.4 Å². The van der Waals surface area contributed by atoms with Crippen molar-refractivity contribution in [2.75, 3.05) is 58.1 Å². The number of anilines is 2. The fraction of sp³-hybridized carbons (Fsp3) is 0.480. The summed E-state index contributed by atoms with van der Waals surface area (Å²) in [6.45, 7) is 3.32. The molecule has 0 bridgehead atoms. The number of methoxy groups -OCH3 is 1. The third-order valence-electron chi connectivity index (χ3n) is 6.49. The normalized spacial score (nSPS) is 14.7. The molecule has 2 aromatic rings. The van der Waals surface area contributed by atoms with Crippen molar-refractivity contribution in [3.63, 3.8) is 0 Å². The van der Waals surface area contributed by atoms with Gasteiger partial charge in [0.05, 0.1) is 29.5 Å². The number of amides is 1. The average Bonchev–Trinajstić information content (AvgIpc) is 2.86. The first-order valence-corrected chi connectivity index (χ1v) is 13.2. The Morgan fingerprint density at radius 1 is 1.25 bits per heavy atom. The second-order valence-electron chi connectivity index (χ2n) is 9.14. The third-order valence-corrected chi connectivity index (χ3v) is 8.51. The molecule has 1 aromatic heterocycles. The maximum Gasteiger partial charge on any atom is 0.243 e. The van der Waals surface area contributed by atoms with Crippen LogP contribution in [0.2, 0.25) is 0 Å². The van der Waals surface area contributed by atoms with Gasteiger partial charge in [0, 0.05) is 39.1 Å². The van der Waals surface area contributed by atoms with Gasteiger partial charge in [-0.05, 0) is 63.7 Å². The summed E-state index contributed by atoms with van der Waals surface area (Å²) in [6, 6.07) is 9.05. The van der Waals surface area contributed by atoms with E-state index in [0.717, 1.165) is 30.2 Å². The van der Waals surface area contributed by atoms with Gasteiger partial charge in [-0.3, -0.25) is 4.79 Å². The smallest absolute Gasteiger partial charge is 0.243 e. The quantitative estimate of drug-likeness (QED) is 0.542. The lowest BCUT2D eigenvalue weighted by Crippen LogP contribution is -2.42. The Morgan fingerprint density at radius 2 is 1.94 bits per heavy atom. The number of hydrogen-bond acceptors (Lipinski definition) is 8. The van der Waals surface area contributed by atoms with Crippen molar-refractivity contribution in [2.24, 2.45) is 0 Å². The standard InChI is InChI=1S/C25H34N6O4S/c1-18-14-22(35-5)6-7-23(18)36(33,34)30(4)11-10-24(32)28-20-15-19(16-26)25(27-17-20)31-12-8-21(9-13-31)29(2)3/h6-7,14-15,17,21H,8-13H2,1-5H3,(H,28,32). The molecular weight excluding hydrogens is 480 g/mol. The van der Waals surface area contributed by atoms with Gasteiger partial charge in [0.2, 0.25) is 15.9 Å². The summed E-state index contributed by atoms with van der Waals surface area (Å²) < 4.78 is 32.2. The number of sulfonamides is 1. The number of benzene rings is 1. The van der Waals surface area contributed by atoms with Crippen molar-refractivity contribution >= 4 is 27.4 Å². The maximum absolute atomic E-state index is 13.0. The van der Waals surface area contributed by atoms with Crippen molar-refractivity contribution in [3.05, 3.63) is 41.6 Å². The Balaban J connectivity index is 1.60. The van der Waals surface area contributed by atoms with Gasteiger partial charge in [-0.25, -0.2) is 17.7 Å². The second-order valence-corrected chi connectivity index (χ2v) is 11.2. The Kier molecular flexibility index (Phi) is 8.89. The Labute approximate surface area is 213 Å². The van der Waals surface area contributed by atoms with E-state index in [1.54, 1.807) is 25.1 Å². The van der Waals surface area contributed by atoms with Crippen molar-refractivity contribution in [1.29, 1.82) is 5.26 Å². The molecule has 1 amide bonds. The Bertz CT molecular complexity index is 1230. The highest BCUT2D eigenvalue weighted by molar-refractivity contribution is 7.89. The lowest BCUT2D eigenvalue weighted by atomic mass is 10.0. The van der Waals surface area contributed by atoms with Crippen LogP contribution in [0.1, 0.15) is 30.4 Å². The number of ether oxygens (including phenoxy) is 1. The third kappa shape index (κ3) is 6.32. The van der Waals surface area contributed by atoms with Crippen LogP contribution >= 0.6 is 0 Å². The number of aryl methyl sites for hydroxylation is 1. The summed E-state index contributed by atoms with van der Waals surface area (Å²) in [5.41, 5.74) is 1.36. The molecule has 0 atom stereocenters. The number of hydrogen-bond donors (Lipinski definition) is 1. The van der Waals surface area contributed by atoms with Crippen LogP contribution in [0.25, 0.3) is 0 Å². The summed E-state index contributed by atoms with van der Waals surface area (Å²) in [5, 5.41) is 12.4. The van der Waals surface area contributed by atoms with Gasteiger partial charge in [0.15, 0.2) is 0 Å². The zero-order valence-corrected chi connectivity index (χ0v) is 22.3. The van der Waals surface area contributed by atoms with Crippen LogP contribution in [0.5, 0.6) is 5.75 Å². The molecule has 0 spiro atoms. The molecule has 10 nitrogen and oxygen atoms in total. The highest BCUT2D eigenvalue weighted by Gasteiger charge is 2.25. The first kappa shape index (κ1) is 27.4. The van der Waals surface area contributed by atoms with Crippen LogP contribution in [-0.2, 0) is 14.8 Å². The summed E-state index contributed by atoms with van der Waals surface area (Å²) in [4.78, 5) is 21.5. The predicted molar refractivity (Wildman–Crippen MR) is 139 cm³/mol. The van der Waals surface area contributed by atoms with Crippen LogP contribution in [0.4, 0.5) is 11.5 Å². The van der Waals surface area contributed by atoms with E-state index in [-0.39, 0.29) is 23.8 Å². The molecule has 0 saturated carbocycles. The largest absolute Gasteiger partial charge is 0.497 e. The molecule has 11 heteroatoms. The van der Waals surface area contributed by atoms with E-state index >= 15 is 0 Å². The predicted octanol–water partition coefficient (Wildman–Crippen LogP) is 2.45. The van der Waals surface area contributed by atoms with Gasteiger partial charge < -0.3 is 19.9 Å². The molecule has 194 valence electrons. The van der Waals surface area contributed by atoms with E-state index < -0.39 is 10.0 Å². The summed E-state index contributed by atoms with van der Waals surface area (Å²) in [7, 11) is 3.34. The number of nitrogens with one attached hydrogen (secondary N) is 1. The molecule has 0 unspecified atom stereocenters. The number of carbonyl (C=O) groups excluding carboxylic acids is 1. The van der Waals surface area contributed by atoms with E-state index in [1.807, 2.05) is 0 Å². The van der Waals surface area contributed by atoms with Crippen LogP contribution < -0.4 is 15.0 Å². The van der Waals surface area contributed by atoms with Crippen LogP contribution in [0, 0.1) is 18.3 Å². The van der Waals surface area contributed by atoms with Gasteiger partial charge in [0.25, 0.3) is 0 Å².